The van der Waals surface area contributed by atoms with Crippen LogP contribution in [0.4, 0.5) is 0 Å². The SMILES string of the molecule is N#Cc1cc(-c2ccc(-n3c4ccccc4c4ccccc43)cc2)cc(-n2c3ccccc3c3c4c(ccc32)oc2ccccc24)c1.N#Cc1cc(-c2ccc(-n3c4ccccc4c4ccccc43)cc2)cc(-n2c3ccccc3c3c4oc5ccccc5c4ccc32)c1. The summed E-state index contributed by atoms with van der Waals surface area (Å²) >= 11 is 0. The van der Waals surface area contributed by atoms with Gasteiger partial charge in [-0.15, -0.1) is 0 Å². The maximum absolute atomic E-state index is 10.2. The molecule has 8 heteroatoms. The first kappa shape index (κ1) is 52.8. The van der Waals surface area contributed by atoms with Crippen molar-refractivity contribution >= 4 is 131 Å². The van der Waals surface area contributed by atoms with Crippen LogP contribution in [0.3, 0.4) is 0 Å². The second kappa shape index (κ2) is 20.7. The molecule has 20 rings (SSSR count). The highest BCUT2D eigenvalue weighted by Crippen LogP contribution is 2.45. The van der Waals surface area contributed by atoms with Crippen LogP contribution >= 0.6 is 0 Å². The Morgan fingerprint density at radius 3 is 1.05 bits per heavy atom. The Balaban J connectivity index is 0.000000133. The lowest BCUT2D eigenvalue weighted by atomic mass is 10.0. The molecule has 6 heterocycles. The summed E-state index contributed by atoms with van der Waals surface area (Å²) < 4.78 is 21.9. The molecule has 0 fully saturated rings. The predicted octanol–water partition coefficient (Wildman–Crippen LogP) is 22.6. The average molecular weight is 1200 g/mol. The van der Waals surface area contributed by atoms with E-state index in [1.54, 1.807) is 0 Å². The number of hydrogen-bond acceptors (Lipinski definition) is 4. The minimum atomic E-state index is 0.611. The molecule has 0 spiro atoms. The van der Waals surface area contributed by atoms with Gasteiger partial charge in [0, 0.05) is 82.0 Å². The van der Waals surface area contributed by atoms with Crippen LogP contribution in [-0.2, 0) is 0 Å². The molecule has 0 unspecified atom stereocenters. The van der Waals surface area contributed by atoms with Crippen LogP contribution in [0.2, 0.25) is 0 Å². The number of nitrogens with zero attached hydrogens (tertiary/aromatic N) is 6. The topological polar surface area (TPSA) is 93.6 Å². The fraction of sp³-hybridized carbons (Fsp3) is 0. The van der Waals surface area contributed by atoms with Gasteiger partial charge in [-0.1, -0.05) is 170 Å². The second-order valence-electron chi connectivity index (χ2n) is 24.2. The maximum Gasteiger partial charge on any atom is 0.145 e. The predicted molar refractivity (Wildman–Crippen MR) is 385 cm³/mol. The molecule has 14 aromatic carbocycles. The number of fused-ring (bicyclic) bond motifs is 20. The van der Waals surface area contributed by atoms with Gasteiger partial charge in [-0.3, -0.25) is 0 Å². The zero-order valence-electron chi connectivity index (χ0n) is 50.4. The van der Waals surface area contributed by atoms with Gasteiger partial charge in [-0.2, -0.15) is 10.5 Å². The fourth-order valence-electron chi connectivity index (χ4n) is 15.0. The van der Waals surface area contributed by atoms with Gasteiger partial charge in [-0.25, -0.2) is 0 Å². The molecule has 6 aromatic heterocycles. The van der Waals surface area contributed by atoms with E-state index in [2.05, 4.69) is 285 Å². The Labute approximate surface area is 537 Å². The zero-order chi connectivity index (χ0) is 62.1. The monoisotopic (exact) mass is 1200 g/mol. The highest BCUT2D eigenvalue weighted by Gasteiger charge is 2.23. The maximum atomic E-state index is 10.2. The van der Waals surface area contributed by atoms with Gasteiger partial charge in [0.05, 0.1) is 72.8 Å². The molecule has 0 bridgehead atoms. The number of rotatable bonds is 6. The van der Waals surface area contributed by atoms with E-state index < -0.39 is 0 Å². The molecular formula is C86H50N6O2. The third-order valence-corrected chi connectivity index (χ3v) is 19.0. The molecule has 0 radical (unpaired) electrons. The largest absolute Gasteiger partial charge is 0.456 e. The van der Waals surface area contributed by atoms with Crippen LogP contribution in [-0.4, -0.2) is 18.3 Å². The van der Waals surface area contributed by atoms with Crippen LogP contribution in [0, 0.1) is 22.7 Å². The Morgan fingerprint density at radius 2 is 0.585 bits per heavy atom. The van der Waals surface area contributed by atoms with Gasteiger partial charge in [0.2, 0.25) is 0 Å². The van der Waals surface area contributed by atoms with Crippen LogP contribution in [0.25, 0.3) is 176 Å². The minimum Gasteiger partial charge on any atom is -0.456 e. The number of hydrogen-bond donors (Lipinski definition) is 0. The van der Waals surface area contributed by atoms with Gasteiger partial charge in [0.15, 0.2) is 0 Å². The lowest BCUT2D eigenvalue weighted by Crippen LogP contribution is -1.96. The van der Waals surface area contributed by atoms with E-state index in [0.29, 0.717) is 11.1 Å². The molecule has 0 N–H and O–H groups in total. The van der Waals surface area contributed by atoms with E-state index in [1.807, 2.05) is 48.5 Å². The fourth-order valence-corrected chi connectivity index (χ4v) is 15.0. The Kier molecular flexibility index (Phi) is 11.6. The molecule has 0 amide bonds. The van der Waals surface area contributed by atoms with Crippen molar-refractivity contribution in [2.45, 2.75) is 0 Å². The van der Waals surface area contributed by atoms with E-state index in [-0.39, 0.29) is 0 Å². The van der Waals surface area contributed by atoms with E-state index in [1.165, 1.54) is 43.6 Å². The van der Waals surface area contributed by atoms with Crippen molar-refractivity contribution < 1.29 is 8.83 Å². The summed E-state index contributed by atoms with van der Waals surface area (Å²) in [4.78, 5) is 0. The van der Waals surface area contributed by atoms with E-state index >= 15 is 0 Å². The molecule has 8 nitrogen and oxygen atoms in total. The Bertz CT molecular complexity index is 6520. The first-order chi connectivity index (χ1) is 46.5. The number of nitriles is 2. The Morgan fingerprint density at radius 1 is 0.223 bits per heavy atom. The normalized spacial score (nSPS) is 11.8. The zero-order valence-corrected chi connectivity index (χ0v) is 50.4. The van der Waals surface area contributed by atoms with Crippen LogP contribution < -0.4 is 0 Å². The molecule has 0 aliphatic rings. The summed E-state index contributed by atoms with van der Waals surface area (Å²) in [5.74, 6) is 0. The average Bonchev–Trinajstić information content (AvgIpc) is 1.58. The van der Waals surface area contributed by atoms with Crippen molar-refractivity contribution in [1.82, 2.24) is 18.3 Å². The summed E-state index contributed by atoms with van der Waals surface area (Å²) in [5.41, 5.74) is 21.9. The lowest BCUT2D eigenvalue weighted by molar-refractivity contribution is 0.669. The first-order valence-corrected chi connectivity index (χ1v) is 31.5. The highest BCUT2D eigenvalue weighted by molar-refractivity contribution is 6.28. The number of para-hydroxylation sites is 8. The summed E-state index contributed by atoms with van der Waals surface area (Å²) in [6.45, 7) is 0. The van der Waals surface area contributed by atoms with Gasteiger partial charge >= 0.3 is 0 Å². The van der Waals surface area contributed by atoms with Crippen molar-refractivity contribution in [3.63, 3.8) is 0 Å². The molecule has 0 aliphatic carbocycles. The van der Waals surface area contributed by atoms with Crippen molar-refractivity contribution in [3.05, 3.63) is 314 Å². The van der Waals surface area contributed by atoms with E-state index in [9.17, 15) is 10.5 Å². The summed E-state index contributed by atoms with van der Waals surface area (Å²) in [6.07, 6.45) is 0. The molecule has 436 valence electrons. The van der Waals surface area contributed by atoms with Gasteiger partial charge in [0.25, 0.3) is 0 Å². The quantitative estimate of drug-likeness (QED) is 0.166. The molecule has 0 saturated heterocycles. The van der Waals surface area contributed by atoms with E-state index in [0.717, 1.165) is 132 Å². The van der Waals surface area contributed by atoms with Crippen molar-refractivity contribution in [2.24, 2.45) is 0 Å². The Hall–Kier alpha value is -13.1. The van der Waals surface area contributed by atoms with Crippen LogP contribution in [0.1, 0.15) is 11.1 Å². The molecule has 0 aliphatic heterocycles. The second-order valence-corrected chi connectivity index (χ2v) is 24.2. The molecule has 0 atom stereocenters. The number of aromatic nitrogens is 4. The standard InChI is InChI=1S/2C43H25N3O/c44-26-27-23-29(28-17-19-30(20-18-28)45-37-13-5-1-9-32(37)33-10-2-6-14-38(33)45)25-31(24-27)46-39-15-7-3-12-36(39)42-40(46)22-21-35-34-11-4-8-16-41(34)47-43(35)42;44-26-27-23-29(28-17-19-30(20-18-28)45-36-13-5-1-9-32(36)33-10-2-6-14-37(33)45)25-31(24-27)46-38-15-7-3-11-34(38)42-39(46)21-22-41-43(42)35-12-4-8-16-40(35)47-41/h2*1-25H. The summed E-state index contributed by atoms with van der Waals surface area (Å²) in [5, 5.41) is 34.3. The third-order valence-electron chi connectivity index (χ3n) is 19.0. The van der Waals surface area contributed by atoms with Gasteiger partial charge in [-0.05, 0) is 156 Å². The lowest BCUT2D eigenvalue weighted by Gasteiger charge is -2.13. The smallest absolute Gasteiger partial charge is 0.145 e. The van der Waals surface area contributed by atoms with Crippen LogP contribution in [0.15, 0.2) is 312 Å². The van der Waals surface area contributed by atoms with E-state index in [4.69, 9.17) is 8.83 Å². The number of furan rings is 2. The number of benzene rings is 14. The molecule has 20 aromatic rings. The molecule has 0 saturated carbocycles. The minimum absolute atomic E-state index is 0.611. The van der Waals surface area contributed by atoms with Crippen molar-refractivity contribution in [1.29, 1.82) is 10.5 Å². The summed E-state index contributed by atoms with van der Waals surface area (Å²) in [7, 11) is 0. The van der Waals surface area contributed by atoms with Crippen molar-refractivity contribution in [3.8, 4) is 57.1 Å². The summed E-state index contributed by atoms with van der Waals surface area (Å²) in [6, 6.07) is 111. The third kappa shape index (κ3) is 7.97. The first-order valence-electron chi connectivity index (χ1n) is 31.5. The van der Waals surface area contributed by atoms with Crippen molar-refractivity contribution in [2.75, 3.05) is 0 Å². The highest BCUT2D eigenvalue weighted by atomic mass is 16.3. The van der Waals surface area contributed by atoms with Gasteiger partial charge in [0.1, 0.15) is 22.3 Å². The molecule has 94 heavy (non-hydrogen) atoms. The van der Waals surface area contributed by atoms with Crippen LogP contribution in [0.5, 0.6) is 0 Å². The molecular weight excluding hydrogens is 1150 g/mol. The van der Waals surface area contributed by atoms with Gasteiger partial charge < -0.3 is 27.1 Å².